The van der Waals surface area contributed by atoms with Gasteiger partial charge in [0, 0.05) is 13.1 Å². The number of nitrogens with zero attached hydrogens (tertiary/aromatic N) is 1. The standard InChI is InChI=1S/C11H17NO5/c1-10(2,3)17-9(15)12-5-11(6-12,7-13)8(14)16-4/h7H,5-6H2,1-4H3. The molecular weight excluding hydrogens is 226 g/mol. The second-order valence-electron chi connectivity index (χ2n) is 5.10. The van der Waals surface area contributed by atoms with Gasteiger partial charge in [0.1, 0.15) is 11.9 Å². The van der Waals surface area contributed by atoms with E-state index < -0.39 is 23.1 Å². The Morgan fingerprint density at radius 1 is 1.29 bits per heavy atom. The van der Waals surface area contributed by atoms with E-state index in [1.807, 2.05) is 0 Å². The van der Waals surface area contributed by atoms with E-state index in [4.69, 9.17) is 4.74 Å². The second kappa shape index (κ2) is 4.35. The third kappa shape index (κ3) is 2.75. The van der Waals surface area contributed by atoms with Crippen molar-refractivity contribution in [1.82, 2.24) is 4.90 Å². The van der Waals surface area contributed by atoms with Crippen molar-refractivity contribution >= 4 is 18.3 Å². The summed E-state index contributed by atoms with van der Waals surface area (Å²) in [5.41, 5.74) is -1.81. The fourth-order valence-corrected chi connectivity index (χ4v) is 1.55. The smallest absolute Gasteiger partial charge is 0.410 e. The van der Waals surface area contributed by atoms with Crippen LogP contribution in [0, 0.1) is 5.41 Å². The van der Waals surface area contributed by atoms with Crippen LogP contribution < -0.4 is 0 Å². The summed E-state index contributed by atoms with van der Waals surface area (Å²) in [4.78, 5) is 35.1. The summed E-state index contributed by atoms with van der Waals surface area (Å²) in [6.07, 6.45) is -0.00133. The van der Waals surface area contributed by atoms with Gasteiger partial charge in [-0.2, -0.15) is 0 Å². The number of hydrogen-bond donors (Lipinski definition) is 0. The average Bonchev–Trinajstić information content (AvgIpc) is 2.13. The maximum atomic E-state index is 11.6. The van der Waals surface area contributed by atoms with E-state index in [2.05, 4.69) is 4.74 Å². The number of hydrogen-bond acceptors (Lipinski definition) is 5. The molecule has 0 saturated carbocycles. The molecule has 0 spiro atoms. The van der Waals surface area contributed by atoms with E-state index in [-0.39, 0.29) is 13.1 Å². The zero-order valence-electron chi connectivity index (χ0n) is 10.5. The summed E-state index contributed by atoms with van der Waals surface area (Å²) in [5, 5.41) is 0. The Balaban J connectivity index is 2.58. The summed E-state index contributed by atoms with van der Waals surface area (Å²) in [6.45, 7) is 5.27. The Labute approximate surface area is 99.9 Å². The molecule has 6 nitrogen and oxygen atoms in total. The molecule has 0 aromatic rings. The van der Waals surface area contributed by atoms with Gasteiger partial charge in [-0.1, -0.05) is 0 Å². The third-order valence-electron chi connectivity index (χ3n) is 2.42. The van der Waals surface area contributed by atoms with Crippen molar-refractivity contribution in [2.24, 2.45) is 5.41 Å². The van der Waals surface area contributed by atoms with Gasteiger partial charge >= 0.3 is 12.1 Å². The van der Waals surface area contributed by atoms with Crippen LogP contribution in [0.25, 0.3) is 0 Å². The number of carbonyl (C=O) groups is 3. The van der Waals surface area contributed by atoms with Gasteiger partial charge in [0.05, 0.1) is 7.11 Å². The zero-order chi connectivity index (χ0) is 13.3. The first-order chi connectivity index (χ1) is 7.74. The first-order valence-corrected chi connectivity index (χ1v) is 5.27. The number of carbonyl (C=O) groups excluding carboxylic acids is 3. The van der Waals surface area contributed by atoms with E-state index in [0.29, 0.717) is 6.29 Å². The molecule has 17 heavy (non-hydrogen) atoms. The summed E-state index contributed by atoms with van der Waals surface area (Å²) in [7, 11) is 1.21. The van der Waals surface area contributed by atoms with Gasteiger partial charge in [-0.25, -0.2) is 4.79 Å². The molecule has 1 amide bonds. The summed E-state index contributed by atoms with van der Waals surface area (Å²) >= 11 is 0. The van der Waals surface area contributed by atoms with E-state index in [9.17, 15) is 14.4 Å². The van der Waals surface area contributed by atoms with E-state index >= 15 is 0 Å². The molecule has 0 radical (unpaired) electrons. The molecule has 1 heterocycles. The molecule has 0 N–H and O–H groups in total. The molecule has 1 saturated heterocycles. The molecule has 0 aliphatic carbocycles. The summed E-state index contributed by atoms with van der Waals surface area (Å²) in [6, 6.07) is 0. The van der Waals surface area contributed by atoms with Crippen molar-refractivity contribution in [3.05, 3.63) is 0 Å². The number of aldehydes is 1. The van der Waals surface area contributed by atoms with Gasteiger partial charge < -0.3 is 19.2 Å². The maximum absolute atomic E-state index is 11.6. The van der Waals surface area contributed by atoms with Gasteiger partial charge in [0.25, 0.3) is 0 Å². The molecule has 1 aliphatic rings. The highest BCUT2D eigenvalue weighted by Gasteiger charge is 2.53. The molecule has 1 fully saturated rings. The van der Waals surface area contributed by atoms with Gasteiger partial charge in [-0.15, -0.1) is 0 Å². The molecule has 0 bridgehead atoms. The van der Waals surface area contributed by atoms with Crippen LogP contribution in [-0.2, 0) is 19.1 Å². The molecule has 1 rings (SSSR count). The van der Waals surface area contributed by atoms with Gasteiger partial charge in [0.15, 0.2) is 5.41 Å². The Morgan fingerprint density at radius 3 is 2.18 bits per heavy atom. The van der Waals surface area contributed by atoms with Crippen LogP contribution in [-0.4, -0.2) is 49.0 Å². The second-order valence-corrected chi connectivity index (χ2v) is 5.10. The van der Waals surface area contributed by atoms with Crippen molar-refractivity contribution in [1.29, 1.82) is 0 Å². The van der Waals surface area contributed by atoms with Crippen molar-refractivity contribution in [2.45, 2.75) is 26.4 Å². The lowest BCUT2D eigenvalue weighted by atomic mass is 9.82. The lowest BCUT2D eigenvalue weighted by molar-refractivity contribution is -0.164. The van der Waals surface area contributed by atoms with Gasteiger partial charge in [-0.3, -0.25) is 4.79 Å². The van der Waals surface area contributed by atoms with E-state index in [1.54, 1.807) is 20.8 Å². The maximum Gasteiger partial charge on any atom is 0.410 e. The minimum atomic E-state index is -1.22. The van der Waals surface area contributed by atoms with Crippen LogP contribution in [0.2, 0.25) is 0 Å². The molecule has 1 aliphatic heterocycles. The van der Waals surface area contributed by atoms with Crippen LogP contribution >= 0.6 is 0 Å². The normalized spacial score (nSPS) is 18.0. The van der Waals surface area contributed by atoms with Crippen molar-refractivity contribution < 1.29 is 23.9 Å². The minimum Gasteiger partial charge on any atom is -0.468 e. The largest absolute Gasteiger partial charge is 0.468 e. The molecule has 0 unspecified atom stereocenters. The van der Waals surface area contributed by atoms with Gasteiger partial charge in [0.2, 0.25) is 0 Å². The summed E-state index contributed by atoms with van der Waals surface area (Å²) < 4.78 is 9.64. The van der Waals surface area contributed by atoms with Crippen molar-refractivity contribution in [3.8, 4) is 0 Å². The topological polar surface area (TPSA) is 72.9 Å². The van der Waals surface area contributed by atoms with E-state index in [0.717, 1.165) is 0 Å². The van der Waals surface area contributed by atoms with Gasteiger partial charge in [-0.05, 0) is 20.8 Å². The Kier molecular flexibility index (Phi) is 3.45. The minimum absolute atomic E-state index is 0.0120. The highest BCUT2D eigenvalue weighted by atomic mass is 16.6. The van der Waals surface area contributed by atoms with E-state index in [1.165, 1.54) is 12.0 Å². The fourth-order valence-electron chi connectivity index (χ4n) is 1.55. The first kappa shape index (κ1) is 13.5. The highest BCUT2D eigenvalue weighted by molar-refractivity contribution is 5.96. The van der Waals surface area contributed by atoms with Crippen LogP contribution in [0.5, 0.6) is 0 Å². The lowest BCUT2D eigenvalue weighted by Gasteiger charge is -2.44. The Morgan fingerprint density at radius 2 is 1.82 bits per heavy atom. The average molecular weight is 243 g/mol. The molecule has 96 valence electrons. The monoisotopic (exact) mass is 243 g/mol. The SMILES string of the molecule is COC(=O)C1(C=O)CN(C(=O)OC(C)(C)C)C1. The third-order valence-corrected chi connectivity index (χ3v) is 2.42. The van der Waals surface area contributed by atoms with Crippen LogP contribution in [0.3, 0.4) is 0 Å². The predicted molar refractivity (Wildman–Crippen MR) is 58.3 cm³/mol. The number of amides is 1. The quantitative estimate of drug-likeness (QED) is 0.403. The Hall–Kier alpha value is -1.59. The number of methoxy groups -OCH3 is 1. The van der Waals surface area contributed by atoms with Crippen LogP contribution in [0.15, 0.2) is 0 Å². The molecule has 6 heteroatoms. The van der Waals surface area contributed by atoms with Crippen LogP contribution in [0.4, 0.5) is 4.79 Å². The summed E-state index contributed by atoms with van der Waals surface area (Å²) in [5.74, 6) is -0.618. The molecule has 0 aromatic carbocycles. The molecule has 0 atom stereocenters. The van der Waals surface area contributed by atoms with Crippen molar-refractivity contribution in [3.63, 3.8) is 0 Å². The first-order valence-electron chi connectivity index (χ1n) is 5.27. The van der Waals surface area contributed by atoms with Crippen molar-refractivity contribution in [2.75, 3.05) is 20.2 Å². The highest BCUT2D eigenvalue weighted by Crippen LogP contribution is 2.30. The number of esters is 1. The predicted octanol–water partition coefficient (Wildman–Crippen LogP) is 0.595. The Bertz CT molecular complexity index is 338. The zero-order valence-corrected chi connectivity index (χ0v) is 10.5. The number of ether oxygens (including phenoxy) is 2. The fraction of sp³-hybridized carbons (Fsp3) is 0.727. The number of rotatable bonds is 2. The number of likely N-dealkylation sites (tertiary alicyclic amines) is 1. The molecular formula is C11H17NO5. The van der Waals surface area contributed by atoms with Crippen LogP contribution in [0.1, 0.15) is 20.8 Å². The lowest BCUT2D eigenvalue weighted by Crippen LogP contribution is -2.63. The molecule has 0 aromatic heterocycles.